The predicted molar refractivity (Wildman–Crippen MR) is 87.2 cm³/mol. The van der Waals surface area contributed by atoms with Gasteiger partial charge in [-0.1, -0.05) is 17.3 Å². The molecule has 0 amide bonds. The second-order valence-corrected chi connectivity index (χ2v) is 7.45. The fourth-order valence-corrected chi connectivity index (χ4v) is 4.36. The minimum Gasteiger partial charge on any atom is -0.356 e. The summed E-state index contributed by atoms with van der Waals surface area (Å²) in [6, 6.07) is 7.29. The Morgan fingerprint density at radius 3 is 2.91 bits per heavy atom. The molecule has 1 saturated heterocycles. The fraction of sp³-hybridized carbons (Fsp3) is 0.500. The van der Waals surface area contributed by atoms with Crippen LogP contribution in [-0.2, 0) is 15.8 Å². The smallest absolute Gasteiger partial charge is 0.220 e. The number of nitrogens with zero attached hydrogens (tertiary/aromatic N) is 2. The van der Waals surface area contributed by atoms with Gasteiger partial charge in [0.2, 0.25) is 10.0 Å². The second-order valence-electron chi connectivity index (χ2n) is 5.48. The van der Waals surface area contributed by atoms with Crippen LogP contribution in [0.25, 0.3) is 11.0 Å². The van der Waals surface area contributed by atoms with Crippen molar-refractivity contribution in [1.82, 2.24) is 9.46 Å². The molecular formula is C14H20ClN3O3S. The Morgan fingerprint density at radius 1 is 1.36 bits per heavy atom. The van der Waals surface area contributed by atoms with Gasteiger partial charge in [-0.2, -0.15) is 0 Å². The van der Waals surface area contributed by atoms with E-state index in [0.29, 0.717) is 30.9 Å². The number of aromatic nitrogens is 1. The van der Waals surface area contributed by atoms with Crippen LogP contribution < -0.4 is 5.73 Å². The summed E-state index contributed by atoms with van der Waals surface area (Å²) in [5.41, 5.74) is 6.76. The maximum Gasteiger partial charge on any atom is 0.220 e. The van der Waals surface area contributed by atoms with E-state index in [1.807, 2.05) is 18.2 Å². The summed E-state index contributed by atoms with van der Waals surface area (Å²) in [5.74, 6) is 0.129. The molecule has 3 rings (SSSR count). The van der Waals surface area contributed by atoms with Gasteiger partial charge in [0.1, 0.15) is 11.4 Å². The number of hydrogen-bond donors (Lipinski definition) is 1. The standard InChI is InChI=1S/C14H19N3O3S.ClH/c15-8-11-4-3-7-17(9-11)21(18,19)10-13-12-5-1-2-6-14(12)20-16-13;/h1-2,5-6,11H,3-4,7-10,15H2;1H. The molecule has 1 unspecified atom stereocenters. The maximum atomic E-state index is 12.6. The molecule has 0 bridgehead atoms. The molecule has 22 heavy (non-hydrogen) atoms. The summed E-state index contributed by atoms with van der Waals surface area (Å²) in [6.07, 6.45) is 1.86. The highest BCUT2D eigenvalue weighted by Crippen LogP contribution is 2.24. The van der Waals surface area contributed by atoms with Crippen molar-refractivity contribution in [3.8, 4) is 0 Å². The molecule has 0 radical (unpaired) electrons. The topological polar surface area (TPSA) is 89.4 Å². The van der Waals surface area contributed by atoms with Crippen LogP contribution in [0.3, 0.4) is 0 Å². The number of sulfonamides is 1. The number of fused-ring (bicyclic) bond motifs is 1. The Bertz CT molecular complexity index is 732. The summed E-state index contributed by atoms with van der Waals surface area (Å²) in [5, 5.41) is 4.67. The summed E-state index contributed by atoms with van der Waals surface area (Å²) in [4.78, 5) is 0. The zero-order chi connectivity index (χ0) is 14.9. The lowest BCUT2D eigenvalue weighted by atomic mass is 10.0. The summed E-state index contributed by atoms with van der Waals surface area (Å²) >= 11 is 0. The van der Waals surface area contributed by atoms with Gasteiger partial charge in [-0.15, -0.1) is 12.4 Å². The number of halogens is 1. The molecule has 0 aliphatic carbocycles. The first kappa shape index (κ1) is 17.2. The van der Waals surface area contributed by atoms with Crippen molar-refractivity contribution in [3.63, 3.8) is 0 Å². The predicted octanol–water partition coefficient (Wildman–Crippen LogP) is 1.75. The van der Waals surface area contributed by atoms with E-state index in [0.717, 1.165) is 18.2 Å². The molecule has 0 saturated carbocycles. The van der Waals surface area contributed by atoms with E-state index in [1.165, 1.54) is 4.31 Å². The Hall–Kier alpha value is -1.15. The molecule has 6 nitrogen and oxygen atoms in total. The summed E-state index contributed by atoms with van der Waals surface area (Å²) < 4.78 is 31.8. The van der Waals surface area contributed by atoms with E-state index < -0.39 is 10.0 Å². The van der Waals surface area contributed by atoms with Crippen molar-refractivity contribution in [1.29, 1.82) is 0 Å². The van der Waals surface area contributed by atoms with E-state index in [2.05, 4.69) is 5.16 Å². The van der Waals surface area contributed by atoms with Crippen molar-refractivity contribution < 1.29 is 12.9 Å². The van der Waals surface area contributed by atoms with E-state index in [9.17, 15) is 8.42 Å². The van der Waals surface area contributed by atoms with E-state index >= 15 is 0 Å². The molecule has 2 heterocycles. The number of para-hydroxylation sites is 1. The molecule has 8 heteroatoms. The van der Waals surface area contributed by atoms with Crippen LogP contribution in [0.2, 0.25) is 0 Å². The molecule has 1 aliphatic heterocycles. The van der Waals surface area contributed by atoms with Crippen LogP contribution in [0.15, 0.2) is 28.8 Å². The van der Waals surface area contributed by atoms with Gasteiger partial charge in [-0.05, 0) is 37.4 Å². The van der Waals surface area contributed by atoms with Gasteiger partial charge in [0, 0.05) is 18.5 Å². The Kier molecular flexibility index (Phi) is 5.44. The van der Waals surface area contributed by atoms with Crippen LogP contribution in [0.1, 0.15) is 18.5 Å². The number of hydrogen-bond acceptors (Lipinski definition) is 5. The minimum absolute atomic E-state index is 0. The maximum absolute atomic E-state index is 12.6. The SMILES string of the molecule is Cl.NCC1CCCN(S(=O)(=O)Cc2noc3ccccc23)C1. The highest BCUT2D eigenvalue weighted by atomic mass is 35.5. The zero-order valence-corrected chi connectivity index (χ0v) is 13.8. The molecule has 0 spiro atoms. The van der Waals surface area contributed by atoms with Crippen LogP contribution in [0.5, 0.6) is 0 Å². The van der Waals surface area contributed by atoms with E-state index in [4.69, 9.17) is 10.3 Å². The van der Waals surface area contributed by atoms with E-state index in [1.54, 1.807) is 6.07 Å². The van der Waals surface area contributed by atoms with Crippen molar-refractivity contribution in [2.45, 2.75) is 18.6 Å². The third-order valence-electron chi connectivity index (χ3n) is 3.98. The lowest BCUT2D eigenvalue weighted by molar-refractivity contribution is 0.271. The van der Waals surface area contributed by atoms with Crippen molar-refractivity contribution in [2.24, 2.45) is 11.7 Å². The van der Waals surface area contributed by atoms with Gasteiger partial charge in [0.25, 0.3) is 0 Å². The van der Waals surface area contributed by atoms with Gasteiger partial charge in [0.15, 0.2) is 5.58 Å². The molecule has 1 aliphatic rings. The Labute approximate surface area is 136 Å². The molecular weight excluding hydrogens is 326 g/mol. The number of benzene rings is 1. The Balaban J connectivity index is 0.00000176. The highest BCUT2D eigenvalue weighted by Gasteiger charge is 2.29. The van der Waals surface area contributed by atoms with E-state index in [-0.39, 0.29) is 24.1 Å². The fourth-order valence-electron chi connectivity index (χ4n) is 2.78. The van der Waals surface area contributed by atoms with Crippen LogP contribution in [-0.4, -0.2) is 37.5 Å². The van der Waals surface area contributed by atoms with Gasteiger partial charge in [-0.25, -0.2) is 12.7 Å². The monoisotopic (exact) mass is 345 g/mol. The molecule has 1 atom stereocenters. The van der Waals surface area contributed by atoms with Crippen molar-refractivity contribution in [3.05, 3.63) is 30.0 Å². The average molecular weight is 346 g/mol. The minimum atomic E-state index is -3.39. The van der Waals surface area contributed by atoms with Crippen molar-refractivity contribution in [2.75, 3.05) is 19.6 Å². The van der Waals surface area contributed by atoms with Crippen molar-refractivity contribution >= 4 is 33.4 Å². The third-order valence-corrected chi connectivity index (χ3v) is 5.74. The lowest BCUT2D eigenvalue weighted by Crippen LogP contribution is -2.42. The third kappa shape index (κ3) is 3.43. The van der Waals surface area contributed by atoms with Crippen LogP contribution >= 0.6 is 12.4 Å². The summed E-state index contributed by atoms with van der Waals surface area (Å²) in [6.45, 7) is 1.60. The number of nitrogens with two attached hydrogens (primary N) is 1. The molecule has 122 valence electrons. The lowest BCUT2D eigenvalue weighted by Gasteiger charge is -2.31. The largest absolute Gasteiger partial charge is 0.356 e. The van der Waals surface area contributed by atoms with Crippen LogP contribution in [0, 0.1) is 5.92 Å². The molecule has 1 fully saturated rings. The first-order chi connectivity index (χ1) is 10.1. The molecule has 2 N–H and O–H groups in total. The van der Waals surface area contributed by atoms with Crippen LogP contribution in [0.4, 0.5) is 0 Å². The first-order valence-electron chi connectivity index (χ1n) is 7.11. The average Bonchev–Trinajstić information content (AvgIpc) is 2.90. The van der Waals surface area contributed by atoms with Gasteiger partial charge >= 0.3 is 0 Å². The second kappa shape index (κ2) is 6.95. The quantitative estimate of drug-likeness (QED) is 0.911. The normalized spacial score (nSPS) is 20.0. The first-order valence-corrected chi connectivity index (χ1v) is 8.72. The van der Waals surface area contributed by atoms with Gasteiger partial charge in [-0.3, -0.25) is 0 Å². The van der Waals surface area contributed by atoms with Gasteiger partial charge in [0.05, 0.1) is 0 Å². The zero-order valence-electron chi connectivity index (χ0n) is 12.1. The highest BCUT2D eigenvalue weighted by molar-refractivity contribution is 7.88. The van der Waals surface area contributed by atoms with Gasteiger partial charge < -0.3 is 10.3 Å². The number of rotatable bonds is 4. The number of piperidine rings is 1. The molecule has 1 aromatic heterocycles. The Morgan fingerprint density at radius 2 is 2.14 bits per heavy atom. The summed E-state index contributed by atoms with van der Waals surface area (Å²) in [7, 11) is -3.39. The molecule has 2 aromatic rings. The molecule has 1 aromatic carbocycles.